The van der Waals surface area contributed by atoms with Crippen LogP contribution in [0, 0.1) is 0 Å². The predicted octanol–water partition coefficient (Wildman–Crippen LogP) is 11.8. The van der Waals surface area contributed by atoms with Gasteiger partial charge in [-0.15, -0.1) is 0 Å². The average Bonchev–Trinajstić information content (AvgIpc) is 3.18. The summed E-state index contributed by atoms with van der Waals surface area (Å²) in [5.41, 5.74) is 10.3. The molecule has 1 unspecified atom stereocenters. The lowest BCUT2D eigenvalue weighted by molar-refractivity contribution is 0.831. The Kier molecular flexibility index (Phi) is 7.64. The van der Waals surface area contributed by atoms with Gasteiger partial charge in [-0.05, 0) is 124 Å². The van der Waals surface area contributed by atoms with Crippen molar-refractivity contribution in [3.8, 4) is 11.1 Å². The van der Waals surface area contributed by atoms with Crippen molar-refractivity contribution in [2.75, 3.05) is 0 Å². The van der Waals surface area contributed by atoms with E-state index in [1.807, 2.05) is 0 Å². The molecule has 0 amide bonds. The lowest BCUT2D eigenvalue weighted by Gasteiger charge is -2.34. The number of hydrogen-bond acceptors (Lipinski definition) is 0. The largest absolute Gasteiger partial charge is 0.119 e. The molecule has 0 radical (unpaired) electrons. The van der Waals surface area contributed by atoms with Gasteiger partial charge in [-0.2, -0.15) is 0 Å². The smallest absolute Gasteiger partial charge is 0.0836 e. The lowest BCUT2D eigenvalue weighted by atomic mass is 9.79. The number of allylic oxidation sites excluding steroid dienone is 4. The molecule has 0 spiro atoms. The molecule has 0 heterocycles. The highest BCUT2D eigenvalue weighted by Crippen LogP contribution is 2.68. The van der Waals surface area contributed by atoms with Gasteiger partial charge in [-0.25, -0.2) is 0 Å². The zero-order valence-corrected chi connectivity index (χ0v) is 28.9. The minimum atomic E-state index is -2.21. The molecule has 0 aromatic heterocycles. The van der Waals surface area contributed by atoms with Crippen LogP contribution in [-0.2, 0) is 6.42 Å². The minimum absolute atomic E-state index is 0.198. The topological polar surface area (TPSA) is 0 Å². The maximum Gasteiger partial charge on any atom is 0.119 e. The fourth-order valence-electron chi connectivity index (χ4n) is 8.91. The predicted molar refractivity (Wildman–Crippen MR) is 214 cm³/mol. The fraction of sp³-hybridized carbons (Fsp3) is 0.125. The average molecular weight is 648 g/mol. The van der Waals surface area contributed by atoms with Gasteiger partial charge in [-0.3, -0.25) is 0 Å². The summed E-state index contributed by atoms with van der Waals surface area (Å²) in [6, 6.07) is 59.8. The van der Waals surface area contributed by atoms with Gasteiger partial charge in [0.25, 0.3) is 0 Å². The number of aryl methyl sites for hydroxylation is 1. The summed E-state index contributed by atoms with van der Waals surface area (Å²) >= 11 is 0. The van der Waals surface area contributed by atoms with Gasteiger partial charge in [0, 0.05) is 5.56 Å². The first-order chi connectivity index (χ1) is 24.2. The first kappa shape index (κ1) is 30.1. The van der Waals surface area contributed by atoms with Crippen molar-refractivity contribution < 1.29 is 0 Å². The Balaban J connectivity index is 1.30. The zero-order chi connectivity index (χ0) is 32.8. The molecule has 0 N–H and O–H groups in total. The quantitative estimate of drug-likeness (QED) is 0.158. The third kappa shape index (κ3) is 4.93. The third-order valence-corrected chi connectivity index (χ3v) is 15.9. The molecule has 2 aliphatic carbocycles. The van der Waals surface area contributed by atoms with Crippen molar-refractivity contribution in [3.63, 3.8) is 0 Å². The fourth-order valence-corrected chi connectivity index (χ4v) is 13.7. The van der Waals surface area contributed by atoms with E-state index in [1.54, 1.807) is 5.57 Å². The molecule has 0 nitrogen and oxygen atoms in total. The molecule has 0 fully saturated rings. The highest BCUT2D eigenvalue weighted by molar-refractivity contribution is 7.96. The first-order valence-corrected chi connectivity index (χ1v) is 19.6. The minimum Gasteiger partial charge on any atom is -0.0836 e. The molecule has 2 aliphatic rings. The zero-order valence-electron chi connectivity index (χ0n) is 28.0. The maximum absolute atomic E-state index is 2.51. The number of rotatable bonds is 6. The second-order valence-corrected chi connectivity index (χ2v) is 17.4. The second-order valence-electron chi connectivity index (χ2n) is 13.6. The van der Waals surface area contributed by atoms with E-state index in [0.717, 1.165) is 6.42 Å². The van der Waals surface area contributed by atoms with Crippen molar-refractivity contribution in [2.24, 2.45) is 0 Å². The van der Waals surface area contributed by atoms with Crippen molar-refractivity contribution in [3.05, 3.63) is 192 Å². The monoisotopic (exact) mass is 647 g/mol. The van der Waals surface area contributed by atoms with Crippen LogP contribution < -0.4 is 15.9 Å². The van der Waals surface area contributed by atoms with E-state index >= 15 is 0 Å². The van der Waals surface area contributed by atoms with Gasteiger partial charge in [0.15, 0.2) is 0 Å². The summed E-state index contributed by atoms with van der Waals surface area (Å²) in [5, 5.41) is 9.61. The van der Waals surface area contributed by atoms with Crippen LogP contribution in [0.2, 0.25) is 0 Å². The Morgan fingerprint density at radius 3 is 1.82 bits per heavy atom. The molecule has 49 heavy (non-hydrogen) atoms. The van der Waals surface area contributed by atoms with Crippen LogP contribution in [0.3, 0.4) is 0 Å². The standard InChI is InChI=1S/C48H40P/c1-34(49(39-17-5-2-6-18-39,40-19-7-3-8-20-40)41-21-9-4-10-22-41)48-44-24-14-12-16-36(44)25-30-45(48)38-27-29-43-37(33-38)28-32-46-42-23-13-11-15-35(42)26-31-47(43)46/h2-10,12-14,16-25,27-30,32-34H,11,15,26,31H2,1H3/q+1. The van der Waals surface area contributed by atoms with Crippen LogP contribution in [0.5, 0.6) is 0 Å². The molecule has 1 heteroatoms. The number of benzene rings is 7. The molecule has 0 saturated heterocycles. The summed E-state index contributed by atoms with van der Waals surface area (Å²) in [5.74, 6) is 0. The Hall–Kier alpha value is -5.03. The Morgan fingerprint density at radius 2 is 1.12 bits per heavy atom. The van der Waals surface area contributed by atoms with Gasteiger partial charge < -0.3 is 0 Å². The van der Waals surface area contributed by atoms with Crippen LogP contribution in [0.25, 0.3) is 38.2 Å². The van der Waals surface area contributed by atoms with E-state index in [-0.39, 0.29) is 5.66 Å². The van der Waals surface area contributed by atoms with Crippen molar-refractivity contribution in [1.29, 1.82) is 0 Å². The second kappa shape index (κ2) is 12.5. The first-order valence-electron chi connectivity index (χ1n) is 17.8. The van der Waals surface area contributed by atoms with Gasteiger partial charge >= 0.3 is 0 Å². The summed E-state index contributed by atoms with van der Waals surface area (Å²) in [6.45, 7) is 2.51. The maximum atomic E-state index is 2.51. The summed E-state index contributed by atoms with van der Waals surface area (Å²) in [6.07, 6.45) is 9.44. The molecule has 0 bridgehead atoms. The molecular formula is C48H40P+. The molecule has 1 atom stereocenters. The van der Waals surface area contributed by atoms with E-state index in [9.17, 15) is 0 Å². The summed E-state index contributed by atoms with van der Waals surface area (Å²) in [4.78, 5) is 0. The molecule has 0 saturated carbocycles. The van der Waals surface area contributed by atoms with Crippen LogP contribution in [0.1, 0.15) is 48.5 Å². The van der Waals surface area contributed by atoms with Gasteiger partial charge in [0.1, 0.15) is 28.8 Å². The Labute approximate surface area is 290 Å². The van der Waals surface area contributed by atoms with E-state index in [1.165, 1.54) is 90.1 Å². The van der Waals surface area contributed by atoms with Gasteiger partial charge in [0.05, 0.1) is 0 Å². The highest BCUT2D eigenvalue weighted by Gasteiger charge is 2.51. The van der Waals surface area contributed by atoms with E-state index in [4.69, 9.17) is 0 Å². The molecule has 7 aromatic carbocycles. The van der Waals surface area contributed by atoms with Gasteiger partial charge in [0.2, 0.25) is 0 Å². The highest BCUT2D eigenvalue weighted by atomic mass is 31.2. The number of hydrogen-bond donors (Lipinski definition) is 0. The molecule has 236 valence electrons. The lowest BCUT2D eigenvalue weighted by Crippen LogP contribution is -2.34. The summed E-state index contributed by atoms with van der Waals surface area (Å²) < 4.78 is 0. The van der Waals surface area contributed by atoms with Crippen LogP contribution in [-0.4, -0.2) is 0 Å². The van der Waals surface area contributed by atoms with Crippen LogP contribution in [0.4, 0.5) is 0 Å². The van der Waals surface area contributed by atoms with E-state index in [2.05, 4.69) is 177 Å². The summed E-state index contributed by atoms with van der Waals surface area (Å²) in [7, 11) is -2.21. The van der Waals surface area contributed by atoms with Gasteiger partial charge in [-0.1, -0.05) is 133 Å². The van der Waals surface area contributed by atoms with Crippen LogP contribution in [0.15, 0.2) is 175 Å². The third-order valence-electron chi connectivity index (χ3n) is 11.1. The van der Waals surface area contributed by atoms with E-state index in [0.29, 0.717) is 0 Å². The molecule has 0 aliphatic heterocycles. The molecule has 7 aromatic rings. The van der Waals surface area contributed by atoms with Crippen molar-refractivity contribution in [2.45, 2.75) is 38.3 Å². The van der Waals surface area contributed by atoms with Crippen molar-refractivity contribution >= 4 is 50.3 Å². The normalized spacial score (nSPS) is 14.9. The van der Waals surface area contributed by atoms with Crippen molar-refractivity contribution in [1.82, 2.24) is 0 Å². The molecule has 9 rings (SSSR count). The molecular weight excluding hydrogens is 608 g/mol. The van der Waals surface area contributed by atoms with E-state index < -0.39 is 7.26 Å². The Bertz CT molecular complexity index is 2290. The van der Waals surface area contributed by atoms with Crippen LogP contribution >= 0.6 is 7.26 Å². The Morgan fingerprint density at radius 1 is 0.510 bits per heavy atom. The number of fused-ring (bicyclic) bond motifs is 5. The SMILES string of the molecule is CC(c1c(-c2ccc3c4c(ccc3c2)C2=C(CCC=C2)CC4)ccc2ccccc12)[P+](c1ccccc1)(c1ccccc1)c1ccccc1.